The lowest BCUT2D eigenvalue weighted by Crippen LogP contribution is -2.70. The molecule has 0 spiro atoms. The summed E-state index contributed by atoms with van der Waals surface area (Å²) in [5.74, 6) is -3.34. The summed E-state index contributed by atoms with van der Waals surface area (Å²) in [6.45, 7) is 9.99. The number of fused-ring (bicyclic) bond motifs is 2. The third-order valence-electron chi connectivity index (χ3n) is 10.8. The van der Waals surface area contributed by atoms with Crippen molar-refractivity contribution in [3.63, 3.8) is 0 Å². The first kappa shape index (κ1) is 32.5. The number of esters is 1. The summed E-state index contributed by atoms with van der Waals surface area (Å²) >= 11 is 1.98. The summed E-state index contributed by atoms with van der Waals surface area (Å²) in [6, 6.07) is 13.1. The van der Waals surface area contributed by atoms with Crippen LogP contribution in [0.5, 0.6) is 11.5 Å². The minimum atomic E-state index is -1.81. The maximum absolute atomic E-state index is 13.8. The van der Waals surface area contributed by atoms with Crippen LogP contribution >= 0.6 is 22.6 Å². The van der Waals surface area contributed by atoms with Gasteiger partial charge >= 0.3 is 5.97 Å². The molecule has 0 aromatic heterocycles. The number of Topliss-reactive ketones (excluding diaryl/α,β-unsaturated/α-hetero) is 1. The van der Waals surface area contributed by atoms with Gasteiger partial charge in [-0.05, 0) is 88.8 Å². The highest BCUT2D eigenvalue weighted by atomic mass is 127. The molecule has 2 aromatic carbocycles. The molecule has 8 atom stereocenters. The minimum absolute atomic E-state index is 0.00680. The molecule has 47 heavy (non-hydrogen) atoms. The van der Waals surface area contributed by atoms with Gasteiger partial charge in [0.05, 0.1) is 29.1 Å². The number of phenolic OH excluding ortho intramolecular Hbond substituents is 1. The number of aliphatic hydroxyl groups is 1. The third kappa shape index (κ3) is 4.85. The summed E-state index contributed by atoms with van der Waals surface area (Å²) < 4.78 is 32.5. The Morgan fingerprint density at radius 2 is 1.89 bits per heavy atom. The number of rotatable bonds is 8. The van der Waals surface area contributed by atoms with Crippen LogP contribution < -0.4 is 4.74 Å². The maximum Gasteiger partial charge on any atom is 0.310 e. The molecule has 2 heterocycles. The Bertz CT molecular complexity index is 1730. The van der Waals surface area contributed by atoms with E-state index in [9.17, 15) is 19.8 Å². The van der Waals surface area contributed by atoms with Crippen molar-refractivity contribution in [3.8, 4) is 11.5 Å². The van der Waals surface area contributed by atoms with E-state index in [2.05, 4.69) is 13.5 Å². The van der Waals surface area contributed by atoms with Gasteiger partial charge in [-0.15, -0.1) is 0 Å². The van der Waals surface area contributed by atoms with Gasteiger partial charge in [0.1, 0.15) is 23.9 Å². The van der Waals surface area contributed by atoms with Gasteiger partial charge in [0.15, 0.2) is 17.3 Å². The number of aromatic hydroxyl groups is 1. The Labute approximate surface area is 287 Å². The summed E-state index contributed by atoms with van der Waals surface area (Å²) in [4.78, 5) is 26.9. The van der Waals surface area contributed by atoms with E-state index in [4.69, 9.17) is 23.7 Å². The molecule has 2 N–H and O–H groups in total. The molecule has 3 bridgehead atoms. The summed E-state index contributed by atoms with van der Waals surface area (Å²) in [6.07, 6.45) is 4.13. The van der Waals surface area contributed by atoms with Crippen LogP contribution in [-0.2, 0) is 41.4 Å². The second kappa shape index (κ2) is 11.3. The lowest BCUT2D eigenvalue weighted by molar-refractivity contribution is -0.421. The fraction of sp³-hybridized carbons (Fsp3) is 0.459. The van der Waals surface area contributed by atoms with E-state index in [-0.39, 0.29) is 42.6 Å². The van der Waals surface area contributed by atoms with E-state index >= 15 is 0 Å². The number of ether oxygens (including phenoxy) is 5. The van der Waals surface area contributed by atoms with Gasteiger partial charge in [0.2, 0.25) is 0 Å². The van der Waals surface area contributed by atoms with Crippen LogP contribution in [-0.4, -0.2) is 64.6 Å². The molecular formula is C37H39IO9. The molecule has 2 aliphatic heterocycles. The number of methoxy groups -OCH3 is 1. The summed E-state index contributed by atoms with van der Waals surface area (Å²) in [5.41, 5.74) is -0.244. The predicted molar refractivity (Wildman–Crippen MR) is 179 cm³/mol. The Morgan fingerprint density at radius 1 is 1.15 bits per heavy atom. The number of carbonyl (C=O) groups is 2. The molecule has 10 heteroatoms. The van der Waals surface area contributed by atoms with Gasteiger partial charge in [0.25, 0.3) is 5.97 Å². The van der Waals surface area contributed by atoms with Crippen molar-refractivity contribution in [2.75, 3.05) is 13.7 Å². The van der Waals surface area contributed by atoms with Crippen molar-refractivity contribution >= 4 is 34.3 Å². The van der Waals surface area contributed by atoms with Crippen molar-refractivity contribution in [2.24, 2.45) is 17.8 Å². The second-order valence-electron chi connectivity index (χ2n) is 13.8. The second-order valence-corrected chi connectivity index (χ2v) is 15.0. The number of benzene rings is 2. The largest absolute Gasteiger partial charge is 0.504 e. The average molecular weight is 755 g/mol. The highest BCUT2D eigenvalue weighted by Crippen LogP contribution is 2.68. The van der Waals surface area contributed by atoms with E-state index in [0.717, 1.165) is 11.1 Å². The number of hydrogen-bond donors (Lipinski definition) is 2. The van der Waals surface area contributed by atoms with Crippen LogP contribution in [0, 0.1) is 21.3 Å². The smallest absolute Gasteiger partial charge is 0.310 e. The highest BCUT2D eigenvalue weighted by molar-refractivity contribution is 14.1. The van der Waals surface area contributed by atoms with Crippen molar-refractivity contribution in [3.05, 3.63) is 92.6 Å². The first-order valence-electron chi connectivity index (χ1n) is 15.9. The first-order valence-corrected chi connectivity index (χ1v) is 17.0. The van der Waals surface area contributed by atoms with Crippen LogP contribution in [0.25, 0.3) is 0 Å². The van der Waals surface area contributed by atoms with E-state index in [0.29, 0.717) is 33.1 Å². The Morgan fingerprint density at radius 3 is 2.60 bits per heavy atom. The van der Waals surface area contributed by atoms with Gasteiger partial charge in [-0.25, -0.2) is 0 Å². The number of ketones is 1. The molecule has 3 aliphatic carbocycles. The van der Waals surface area contributed by atoms with Gasteiger partial charge < -0.3 is 33.9 Å². The predicted octanol–water partition coefficient (Wildman–Crippen LogP) is 5.35. The van der Waals surface area contributed by atoms with Crippen LogP contribution in [0.15, 0.2) is 77.9 Å². The molecule has 2 saturated heterocycles. The van der Waals surface area contributed by atoms with Crippen molar-refractivity contribution < 1.29 is 43.5 Å². The molecule has 1 saturated carbocycles. The highest BCUT2D eigenvalue weighted by Gasteiger charge is 2.79. The summed E-state index contributed by atoms with van der Waals surface area (Å²) in [7, 11) is 1.45. The van der Waals surface area contributed by atoms with Crippen molar-refractivity contribution in [2.45, 2.75) is 75.3 Å². The lowest BCUT2D eigenvalue weighted by Gasteiger charge is -2.59. The number of carbonyl (C=O) groups excluding carboxylic acids is 2. The minimum Gasteiger partial charge on any atom is -0.504 e. The molecule has 0 radical (unpaired) electrons. The molecule has 5 aliphatic rings. The van der Waals surface area contributed by atoms with Crippen LogP contribution in [0.1, 0.15) is 44.7 Å². The quantitative estimate of drug-likeness (QED) is 0.209. The third-order valence-corrected chi connectivity index (χ3v) is 11.6. The maximum atomic E-state index is 13.8. The zero-order chi connectivity index (χ0) is 33.5. The van der Waals surface area contributed by atoms with Gasteiger partial charge in [-0.2, -0.15) is 0 Å². The van der Waals surface area contributed by atoms with Crippen LogP contribution in [0.4, 0.5) is 0 Å². The average Bonchev–Trinajstić information content (AvgIpc) is 3.33. The molecule has 248 valence electrons. The zero-order valence-corrected chi connectivity index (χ0v) is 29.0. The van der Waals surface area contributed by atoms with Gasteiger partial charge in [-0.1, -0.05) is 56.0 Å². The Hall–Kier alpha value is -3.03. The number of halogens is 1. The molecule has 3 fully saturated rings. The molecule has 7 rings (SSSR count). The van der Waals surface area contributed by atoms with Crippen molar-refractivity contribution in [1.82, 2.24) is 0 Å². The van der Waals surface area contributed by atoms with E-state index < -0.39 is 46.7 Å². The van der Waals surface area contributed by atoms with Gasteiger partial charge in [0, 0.05) is 18.3 Å². The zero-order valence-electron chi connectivity index (χ0n) is 26.9. The van der Waals surface area contributed by atoms with Crippen molar-refractivity contribution in [1.29, 1.82) is 0 Å². The van der Waals surface area contributed by atoms with E-state index in [1.54, 1.807) is 19.1 Å². The first-order chi connectivity index (χ1) is 22.3. The Kier molecular flexibility index (Phi) is 7.79. The Balaban J connectivity index is 1.26. The molecular weight excluding hydrogens is 715 g/mol. The lowest BCUT2D eigenvalue weighted by atomic mass is 9.55. The molecule has 2 aromatic rings. The fourth-order valence-corrected chi connectivity index (χ4v) is 9.43. The normalized spacial score (nSPS) is 36.6. The van der Waals surface area contributed by atoms with E-state index in [1.165, 1.54) is 7.11 Å². The van der Waals surface area contributed by atoms with E-state index in [1.807, 2.05) is 72.0 Å². The number of phenols is 1. The standard InChI is InChI=1S/C37H39IO9/c1-20(2)35-16-22(4)37-26(33(35)45-36(46-35,47-37)18-23-9-7-6-8-10-23)12-25(17-34(42)29(37)11-21(3)32(34)41)19-44-30(39)15-24-13-27(38)31(40)28(14-24)43-5/h6-14,22,26,29,33,40,42H,1,15-19H2,2-5H3/t22-,26+,29-,33-,34-,35-,36?,37-/m1/s1. The number of hydrogen-bond acceptors (Lipinski definition) is 9. The molecule has 0 amide bonds. The van der Waals surface area contributed by atoms with Crippen LogP contribution in [0.2, 0.25) is 0 Å². The summed E-state index contributed by atoms with van der Waals surface area (Å²) in [5, 5.41) is 22.6. The molecule has 1 unspecified atom stereocenters. The van der Waals surface area contributed by atoms with Gasteiger partial charge in [-0.3, -0.25) is 9.59 Å². The SMILES string of the molecule is C=C(C)[C@]12C[C@@H](C)[C@@]34OC(Cc5ccccc5)(O[C@@H]1[C@@H]3C=C(COC(=O)Cc1cc(I)c(O)c(OC)c1)C[C@]1(O)C(=O)C(C)=C[C@@H]41)O2. The molecule has 9 nitrogen and oxygen atoms in total. The monoisotopic (exact) mass is 754 g/mol. The fourth-order valence-electron chi connectivity index (χ4n) is 8.76. The van der Waals surface area contributed by atoms with Crippen LogP contribution in [0.3, 0.4) is 0 Å². The topological polar surface area (TPSA) is 121 Å².